The molecule has 1 aromatic carbocycles. The molecule has 1 amide bonds. The second-order valence-electron chi connectivity index (χ2n) is 7.67. The molecule has 1 unspecified atom stereocenters. The van der Waals surface area contributed by atoms with Crippen molar-refractivity contribution in [1.82, 2.24) is 4.90 Å². The number of carbonyl (C=O) groups is 1. The average molecular weight is 406 g/mol. The van der Waals surface area contributed by atoms with Gasteiger partial charge >= 0.3 is 6.09 Å². The van der Waals surface area contributed by atoms with Crippen LogP contribution in [-0.2, 0) is 4.74 Å². The van der Waals surface area contributed by atoms with E-state index in [0.717, 1.165) is 0 Å². The Labute approximate surface area is 163 Å². The summed E-state index contributed by atoms with van der Waals surface area (Å²) in [4.78, 5) is 13.0. The molecule has 0 radical (unpaired) electrons. The van der Waals surface area contributed by atoms with E-state index in [0.29, 0.717) is 15.6 Å². The fourth-order valence-electron chi connectivity index (χ4n) is 3.08. The van der Waals surface area contributed by atoms with Gasteiger partial charge < -0.3 is 25.0 Å². The van der Waals surface area contributed by atoms with Crippen molar-refractivity contribution in [2.75, 3.05) is 19.7 Å². The fraction of sp³-hybridized carbons (Fsp3) is 0.611. The normalized spacial score (nSPS) is 25.7. The van der Waals surface area contributed by atoms with Gasteiger partial charge in [-0.15, -0.1) is 0 Å². The van der Waals surface area contributed by atoms with Gasteiger partial charge in [0, 0.05) is 12.5 Å². The van der Waals surface area contributed by atoms with Crippen molar-refractivity contribution in [1.29, 1.82) is 0 Å². The molecule has 1 aromatic rings. The molecular weight excluding hydrogens is 381 g/mol. The number of carboxylic acid groups (broad SMARTS) is 1. The maximum atomic E-state index is 11.7. The Bertz CT molecular complexity index is 649. The Morgan fingerprint density at radius 1 is 1.31 bits per heavy atom. The zero-order chi connectivity index (χ0) is 19.6. The molecule has 1 aliphatic heterocycles. The summed E-state index contributed by atoms with van der Waals surface area (Å²) in [5, 5.41) is 30.2. The minimum absolute atomic E-state index is 0.113. The highest BCUT2D eigenvalue weighted by molar-refractivity contribution is 6.42. The van der Waals surface area contributed by atoms with Crippen LogP contribution in [0.15, 0.2) is 18.2 Å². The van der Waals surface area contributed by atoms with Crippen LogP contribution < -0.4 is 0 Å². The largest absolute Gasteiger partial charge is 0.465 e. The van der Waals surface area contributed by atoms with Gasteiger partial charge in [0.1, 0.15) is 6.10 Å². The van der Waals surface area contributed by atoms with E-state index in [2.05, 4.69) is 0 Å². The third-order valence-electron chi connectivity index (χ3n) is 4.70. The van der Waals surface area contributed by atoms with Gasteiger partial charge in [-0.2, -0.15) is 0 Å². The molecule has 8 heteroatoms. The van der Waals surface area contributed by atoms with Crippen LogP contribution in [0.1, 0.15) is 32.3 Å². The summed E-state index contributed by atoms with van der Waals surface area (Å²) < 4.78 is 6.16. The van der Waals surface area contributed by atoms with Gasteiger partial charge in [-0.1, -0.05) is 50.0 Å². The van der Waals surface area contributed by atoms with Crippen LogP contribution in [-0.4, -0.2) is 64.3 Å². The first kappa shape index (κ1) is 21.3. The third kappa shape index (κ3) is 4.81. The fourth-order valence-corrected chi connectivity index (χ4v) is 3.39. The quantitative estimate of drug-likeness (QED) is 0.717. The van der Waals surface area contributed by atoms with Crippen molar-refractivity contribution in [2.24, 2.45) is 5.41 Å². The number of ether oxygens (including phenoxy) is 1. The smallest absolute Gasteiger partial charge is 0.407 e. The molecule has 1 saturated heterocycles. The number of aliphatic hydroxyl groups excluding tert-OH is 2. The van der Waals surface area contributed by atoms with Crippen LogP contribution in [0.4, 0.5) is 4.79 Å². The minimum Gasteiger partial charge on any atom is -0.465 e. The first-order valence-electron chi connectivity index (χ1n) is 8.41. The number of hydrogen-bond acceptors (Lipinski definition) is 4. The Morgan fingerprint density at radius 3 is 2.46 bits per heavy atom. The van der Waals surface area contributed by atoms with E-state index in [-0.39, 0.29) is 18.5 Å². The van der Waals surface area contributed by atoms with Crippen LogP contribution >= 0.6 is 23.2 Å². The SMILES string of the molecule is CC(C)(C)C1CN(C(=O)O)C[C@@H](c2ccc(Cl)c(Cl)c2)[C@H]([C@H](O)CO)O1. The van der Waals surface area contributed by atoms with Crippen molar-refractivity contribution >= 4 is 29.3 Å². The summed E-state index contributed by atoms with van der Waals surface area (Å²) in [6.45, 7) is 5.62. The molecule has 0 bridgehead atoms. The van der Waals surface area contributed by atoms with Gasteiger partial charge in [-0.05, 0) is 23.1 Å². The van der Waals surface area contributed by atoms with E-state index >= 15 is 0 Å². The lowest BCUT2D eigenvalue weighted by atomic mass is 9.88. The number of amides is 1. The lowest BCUT2D eigenvalue weighted by Gasteiger charge is -2.35. The van der Waals surface area contributed by atoms with E-state index < -0.39 is 36.9 Å². The molecule has 1 aliphatic rings. The highest BCUT2D eigenvalue weighted by atomic mass is 35.5. The first-order chi connectivity index (χ1) is 12.0. The van der Waals surface area contributed by atoms with Crippen molar-refractivity contribution in [3.8, 4) is 0 Å². The molecule has 1 fully saturated rings. The van der Waals surface area contributed by atoms with Gasteiger partial charge in [-0.25, -0.2) is 4.79 Å². The Kier molecular flexibility index (Phi) is 6.80. The van der Waals surface area contributed by atoms with Crippen molar-refractivity contribution < 1.29 is 24.9 Å². The maximum Gasteiger partial charge on any atom is 0.407 e. The molecule has 0 spiro atoms. The van der Waals surface area contributed by atoms with E-state index in [1.807, 2.05) is 20.8 Å². The molecule has 146 valence electrons. The highest BCUT2D eigenvalue weighted by Gasteiger charge is 2.42. The lowest BCUT2D eigenvalue weighted by Crippen LogP contribution is -2.43. The van der Waals surface area contributed by atoms with Crippen molar-refractivity contribution in [3.63, 3.8) is 0 Å². The van der Waals surface area contributed by atoms with Crippen molar-refractivity contribution in [3.05, 3.63) is 33.8 Å². The second-order valence-corrected chi connectivity index (χ2v) is 8.49. The Balaban J connectivity index is 2.49. The van der Waals surface area contributed by atoms with Gasteiger partial charge in [0.05, 0.1) is 35.4 Å². The third-order valence-corrected chi connectivity index (χ3v) is 5.43. The lowest BCUT2D eigenvalue weighted by molar-refractivity contribution is -0.121. The highest BCUT2D eigenvalue weighted by Crippen LogP contribution is 2.36. The number of hydrogen-bond donors (Lipinski definition) is 3. The molecule has 6 nitrogen and oxygen atoms in total. The van der Waals surface area contributed by atoms with E-state index in [1.54, 1.807) is 18.2 Å². The summed E-state index contributed by atoms with van der Waals surface area (Å²) in [7, 11) is 0. The van der Waals surface area contributed by atoms with Gasteiger partial charge in [0.2, 0.25) is 0 Å². The predicted octanol–water partition coefficient (Wildman–Crippen LogP) is 3.22. The number of nitrogens with zero attached hydrogens (tertiary/aromatic N) is 1. The topological polar surface area (TPSA) is 90.2 Å². The van der Waals surface area contributed by atoms with E-state index in [9.17, 15) is 20.1 Å². The zero-order valence-corrected chi connectivity index (χ0v) is 16.5. The standard InChI is InChI=1S/C18H25Cl2NO5/c1-18(2,3)15-8-21(17(24)25)7-11(16(26-15)14(23)9-22)10-4-5-12(19)13(20)6-10/h4-6,11,14-16,22-23H,7-9H2,1-3H3,(H,24,25)/t11-,14+,15?,16+/m0/s1. The molecule has 3 N–H and O–H groups in total. The van der Waals surface area contributed by atoms with Gasteiger partial charge in [0.15, 0.2) is 0 Å². The molecule has 0 aromatic heterocycles. The number of benzene rings is 1. The van der Waals surface area contributed by atoms with Gasteiger partial charge in [0.25, 0.3) is 0 Å². The number of rotatable bonds is 3. The zero-order valence-electron chi connectivity index (χ0n) is 15.0. The van der Waals surface area contributed by atoms with Crippen LogP contribution in [0.25, 0.3) is 0 Å². The van der Waals surface area contributed by atoms with Gasteiger partial charge in [-0.3, -0.25) is 0 Å². The first-order valence-corrected chi connectivity index (χ1v) is 9.17. The van der Waals surface area contributed by atoms with Crippen LogP contribution in [0.3, 0.4) is 0 Å². The summed E-state index contributed by atoms with van der Waals surface area (Å²) in [5.41, 5.74) is 0.339. The number of halogens is 2. The molecule has 2 rings (SSSR count). The monoisotopic (exact) mass is 405 g/mol. The molecule has 26 heavy (non-hydrogen) atoms. The minimum atomic E-state index is -1.16. The Morgan fingerprint density at radius 2 is 1.96 bits per heavy atom. The summed E-state index contributed by atoms with van der Waals surface area (Å²) in [6.07, 6.45) is -3.46. The van der Waals surface area contributed by atoms with Crippen LogP contribution in [0.5, 0.6) is 0 Å². The molecule has 0 aliphatic carbocycles. The molecule has 0 saturated carbocycles. The number of aliphatic hydroxyl groups is 2. The molecular formula is C18H25Cl2NO5. The second kappa shape index (κ2) is 8.31. The average Bonchev–Trinajstić information content (AvgIpc) is 2.77. The molecule has 4 atom stereocenters. The Hall–Kier alpha value is -1.05. The van der Waals surface area contributed by atoms with E-state index in [1.165, 1.54) is 4.90 Å². The van der Waals surface area contributed by atoms with Crippen molar-refractivity contribution in [2.45, 2.75) is 45.0 Å². The maximum absolute atomic E-state index is 11.7. The van der Waals surface area contributed by atoms with Crippen LogP contribution in [0.2, 0.25) is 10.0 Å². The summed E-state index contributed by atoms with van der Waals surface area (Å²) >= 11 is 12.1. The predicted molar refractivity (Wildman–Crippen MR) is 100 cm³/mol. The van der Waals surface area contributed by atoms with Crippen LogP contribution in [0, 0.1) is 5.41 Å². The summed E-state index contributed by atoms with van der Waals surface area (Å²) in [6, 6.07) is 5.00. The van der Waals surface area contributed by atoms with E-state index in [4.69, 9.17) is 27.9 Å². The summed E-state index contributed by atoms with van der Waals surface area (Å²) in [5.74, 6) is -0.504. The molecule has 1 heterocycles.